The Morgan fingerprint density at radius 3 is 3.00 bits per heavy atom. The summed E-state index contributed by atoms with van der Waals surface area (Å²) in [6.07, 6.45) is 1.11. The number of ether oxygens (including phenoxy) is 1. The highest BCUT2D eigenvalue weighted by Crippen LogP contribution is 2.31. The van der Waals surface area contributed by atoms with Crippen LogP contribution in [0.25, 0.3) is 0 Å². The number of thiazole rings is 1. The number of hydrogen-bond acceptors (Lipinski definition) is 4. The van der Waals surface area contributed by atoms with Gasteiger partial charge in [-0.3, -0.25) is 0 Å². The smallest absolute Gasteiger partial charge is 0.0983 e. The number of nitrogens with two attached hydrogens (primary N) is 1. The fourth-order valence-corrected chi connectivity index (χ4v) is 3.13. The van der Waals surface area contributed by atoms with E-state index in [2.05, 4.69) is 19.2 Å². The van der Waals surface area contributed by atoms with Crippen LogP contribution in [-0.2, 0) is 4.74 Å². The molecule has 0 amide bonds. The molecule has 2 unspecified atom stereocenters. The van der Waals surface area contributed by atoms with Gasteiger partial charge in [-0.25, -0.2) is 4.98 Å². The molecule has 0 saturated carbocycles. The van der Waals surface area contributed by atoms with Crippen molar-refractivity contribution in [1.82, 2.24) is 4.98 Å². The second-order valence-corrected chi connectivity index (χ2v) is 5.65. The topological polar surface area (TPSA) is 48.1 Å². The predicted molar refractivity (Wildman–Crippen MR) is 66.9 cm³/mol. The molecular weight excluding hydrogens is 220 g/mol. The summed E-state index contributed by atoms with van der Waals surface area (Å²) in [6.45, 7) is 6.80. The number of nitrogens with zero attached hydrogens (tertiary/aromatic N) is 1. The molecule has 2 atom stereocenters. The summed E-state index contributed by atoms with van der Waals surface area (Å²) in [5.41, 5.74) is 6.98. The summed E-state index contributed by atoms with van der Waals surface area (Å²) in [5, 5.41) is 3.40. The van der Waals surface area contributed by atoms with Crippen LogP contribution in [0.4, 0.5) is 0 Å². The number of hydrogen-bond donors (Lipinski definition) is 1. The van der Waals surface area contributed by atoms with Gasteiger partial charge in [0, 0.05) is 30.4 Å². The van der Waals surface area contributed by atoms with E-state index in [9.17, 15) is 0 Å². The van der Waals surface area contributed by atoms with Crippen LogP contribution in [0.1, 0.15) is 42.8 Å². The molecule has 16 heavy (non-hydrogen) atoms. The van der Waals surface area contributed by atoms with Gasteiger partial charge in [0.2, 0.25) is 0 Å². The van der Waals surface area contributed by atoms with Crippen molar-refractivity contribution < 1.29 is 4.74 Å². The maximum Gasteiger partial charge on any atom is 0.0983 e. The first-order valence-electron chi connectivity index (χ1n) is 5.95. The third-order valence-electron chi connectivity index (χ3n) is 3.26. The Balaban J connectivity index is 2.11. The molecule has 1 aromatic heterocycles. The number of aromatic nitrogens is 1. The normalized spacial score (nSPS) is 22.9. The van der Waals surface area contributed by atoms with Gasteiger partial charge in [-0.15, -0.1) is 11.3 Å². The molecule has 2 N–H and O–H groups in total. The Labute approximate surface area is 101 Å². The molecule has 1 aliphatic rings. The lowest BCUT2D eigenvalue weighted by Crippen LogP contribution is -2.18. The molecule has 1 aromatic rings. The van der Waals surface area contributed by atoms with Gasteiger partial charge < -0.3 is 10.5 Å². The molecule has 0 bridgehead atoms. The van der Waals surface area contributed by atoms with Crippen molar-refractivity contribution in [3.8, 4) is 0 Å². The second kappa shape index (κ2) is 5.25. The lowest BCUT2D eigenvalue weighted by molar-refractivity contribution is 0.194. The molecule has 0 aliphatic carbocycles. The predicted octanol–water partition coefficient (Wildman–Crippen LogP) is 2.35. The fourth-order valence-electron chi connectivity index (χ4n) is 2.12. The van der Waals surface area contributed by atoms with Crippen molar-refractivity contribution in [2.24, 2.45) is 11.7 Å². The van der Waals surface area contributed by atoms with Crippen LogP contribution in [0.3, 0.4) is 0 Å². The monoisotopic (exact) mass is 240 g/mol. The standard InChI is InChI=1S/C12H20N2OS/c1-8(2)10(5-13)11-7-16-12(14-11)9-3-4-15-6-9/h7-10H,3-6,13H2,1-2H3. The SMILES string of the molecule is CC(C)C(CN)c1csc(C2CCOC2)n1. The highest BCUT2D eigenvalue weighted by molar-refractivity contribution is 7.09. The molecule has 0 aromatic carbocycles. The fraction of sp³-hybridized carbons (Fsp3) is 0.750. The van der Waals surface area contributed by atoms with Gasteiger partial charge in [-0.1, -0.05) is 13.8 Å². The summed E-state index contributed by atoms with van der Waals surface area (Å²) in [5.74, 6) is 1.47. The summed E-state index contributed by atoms with van der Waals surface area (Å²) in [7, 11) is 0. The maximum atomic E-state index is 5.81. The Bertz CT molecular complexity index is 332. The molecule has 90 valence electrons. The second-order valence-electron chi connectivity index (χ2n) is 4.76. The molecule has 1 fully saturated rings. The Hall–Kier alpha value is -0.450. The largest absolute Gasteiger partial charge is 0.381 e. The molecule has 1 saturated heterocycles. The van der Waals surface area contributed by atoms with Crippen molar-refractivity contribution in [2.75, 3.05) is 19.8 Å². The van der Waals surface area contributed by atoms with Crippen molar-refractivity contribution in [2.45, 2.75) is 32.1 Å². The highest BCUT2D eigenvalue weighted by Gasteiger charge is 2.23. The van der Waals surface area contributed by atoms with E-state index < -0.39 is 0 Å². The third kappa shape index (κ3) is 2.44. The van der Waals surface area contributed by atoms with E-state index in [1.54, 1.807) is 11.3 Å². The minimum atomic E-state index is 0.396. The van der Waals surface area contributed by atoms with Gasteiger partial charge in [0.1, 0.15) is 0 Å². The van der Waals surface area contributed by atoms with Crippen LogP contribution >= 0.6 is 11.3 Å². The van der Waals surface area contributed by atoms with E-state index in [-0.39, 0.29) is 0 Å². The van der Waals surface area contributed by atoms with Crippen LogP contribution in [0.15, 0.2) is 5.38 Å². The summed E-state index contributed by atoms with van der Waals surface area (Å²) in [4.78, 5) is 4.74. The minimum absolute atomic E-state index is 0.396. The molecule has 2 rings (SSSR count). The van der Waals surface area contributed by atoms with Gasteiger partial charge in [-0.2, -0.15) is 0 Å². The van der Waals surface area contributed by atoms with Gasteiger partial charge in [0.25, 0.3) is 0 Å². The average Bonchev–Trinajstić information content (AvgIpc) is 2.86. The summed E-state index contributed by atoms with van der Waals surface area (Å²) >= 11 is 1.76. The van der Waals surface area contributed by atoms with Gasteiger partial charge >= 0.3 is 0 Å². The molecule has 0 radical (unpaired) electrons. The van der Waals surface area contributed by atoms with E-state index in [1.165, 1.54) is 10.7 Å². The third-order valence-corrected chi connectivity index (χ3v) is 4.28. The van der Waals surface area contributed by atoms with Crippen LogP contribution in [0.2, 0.25) is 0 Å². The van der Waals surface area contributed by atoms with E-state index >= 15 is 0 Å². The first-order valence-corrected chi connectivity index (χ1v) is 6.83. The lowest BCUT2D eigenvalue weighted by Gasteiger charge is -2.16. The van der Waals surface area contributed by atoms with E-state index in [0.29, 0.717) is 24.3 Å². The molecule has 0 spiro atoms. The zero-order chi connectivity index (χ0) is 11.5. The van der Waals surface area contributed by atoms with Crippen LogP contribution in [0.5, 0.6) is 0 Å². The quantitative estimate of drug-likeness (QED) is 0.878. The maximum absolute atomic E-state index is 5.81. The van der Waals surface area contributed by atoms with Crippen molar-refractivity contribution >= 4 is 11.3 Å². The molecule has 4 heteroatoms. The van der Waals surface area contributed by atoms with Crippen molar-refractivity contribution in [3.05, 3.63) is 16.1 Å². The van der Waals surface area contributed by atoms with Gasteiger partial charge in [0.05, 0.1) is 17.3 Å². The lowest BCUT2D eigenvalue weighted by atomic mass is 9.93. The number of rotatable bonds is 4. The Morgan fingerprint density at radius 1 is 1.62 bits per heavy atom. The molecule has 1 aliphatic heterocycles. The summed E-state index contributed by atoms with van der Waals surface area (Å²) in [6, 6.07) is 0. The summed E-state index contributed by atoms with van der Waals surface area (Å²) < 4.78 is 5.40. The van der Waals surface area contributed by atoms with Crippen LogP contribution in [0, 0.1) is 5.92 Å². The molecule has 2 heterocycles. The first kappa shape index (κ1) is 12.0. The minimum Gasteiger partial charge on any atom is -0.381 e. The first-order chi connectivity index (χ1) is 7.72. The zero-order valence-corrected chi connectivity index (χ0v) is 10.8. The van der Waals surface area contributed by atoms with E-state index in [0.717, 1.165) is 19.6 Å². The Morgan fingerprint density at radius 2 is 2.44 bits per heavy atom. The van der Waals surface area contributed by atoms with Gasteiger partial charge in [-0.05, 0) is 12.3 Å². The zero-order valence-electron chi connectivity index (χ0n) is 9.98. The molecular formula is C12H20N2OS. The van der Waals surface area contributed by atoms with E-state index in [1.807, 2.05) is 0 Å². The molecule has 3 nitrogen and oxygen atoms in total. The van der Waals surface area contributed by atoms with Crippen molar-refractivity contribution in [3.63, 3.8) is 0 Å². The van der Waals surface area contributed by atoms with E-state index in [4.69, 9.17) is 15.5 Å². The van der Waals surface area contributed by atoms with Crippen LogP contribution in [-0.4, -0.2) is 24.7 Å². The average molecular weight is 240 g/mol. The van der Waals surface area contributed by atoms with Crippen molar-refractivity contribution in [1.29, 1.82) is 0 Å². The Kier molecular flexibility index (Phi) is 3.95. The van der Waals surface area contributed by atoms with Crippen LogP contribution < -0.4 is 5.73 Å². The highest BCUT2D eigenvalue weighted by atomic mass is 32.1. The van der Waals surface area contributed by atoms with Gasteiger partial charge in [0.15, 0.2) is 0 Å².